The summed E-state index contributed by atoms with van der Waals surface area (Å²) < 4.78 is 45.0. The number of ether oxygens (including phenoxy) is 1. The van der Waals surface area contributed by atoms with Crippen molar-refractivity contribution in [2.75, 3.05) is 27.0 Å². The fraction of sp³-hybridized carbons (Fsp3) is 0.455. The lowest BCUT2D eigenvalue weighted by Gasteiger charge is -2.33. The Morgan fingerprint density at radius 1 is 1.28 bits per heavy atom. The molecule has 2 atom stereocenters. The number of fused-ring (bicyclic) bond motifs is 1. The molecule has 160 valence electrons. The minimum atomic E-state index is -3.67. The molecule has 0 heterocycles. The summed E-state index contributed by atoms with van der Waals surface area (Å²) in [4.78, 5) is 0. The molecule has 7 heteroatoms. The molecule has 0 saturated heterocycles. The molecule has 0 spiro atoms. The fourth-order valence-electron chi connectivity index (χ4n) is 4.12. The van der Waals surface area contributed by atoms with E-state index < -0.39 is 10.1 Å². The molecule has 0 radical (unpaired) electrons. The number of hydrogen-bond acceptors (Lipinski definition) is 4. The van der Waals surface area contributed by atoms with Crippen molar-refractivity contribution in [3.63, 3.8) is 0 Å². The molecule has 0 fully saturated rings. The first-order valence-electron chi connectivity index (χ1n) is 9.70. The van der Waals surface area contributed by atoms with Crippen molar-refractivity contribution < 1.29 is 22.1 Å². The normalized spacial score (nSPS) is 16.9. The molecule has 2 aromatic carbocycles. The maximum absolute atomic E-state index is 13.6. The molecule has 0 saturated carbocycles. The van der Waals surface area contributed by atoms with E-state index in [1.165, 1.54) is 30.0 Å². The molecule has 2 N–H and O–H groups in total. The van der Waals surface area contributed by atoms with E-state index in [1.807, 2.05) is 13.1 Å². The summed E-state index contributed by atoms with van der Waals surface area (Å²) in [5.41, 5.74) is 3.85. The van der Waals surface area contributed by atoms with Gasteiger partial charge in [-0.15, -0.1) is 0 Å². The van der Waals surface area contributed by atoms with E-state index in [4.69, 9.17) is 9.29 Å². The van der Waals surface area contributed by atoms with Crippen molar-refractivity contribution in [2.24, 2.45) is 5.92 Å². The van der Waals surface area contributed by atoms with Gasteiger partial charge in [0, 0.05) is 0 Å². The zero-order valence-corrected chi connectivity index (χ0v) is 18.0. The third-order valence-electron chi connectivity index (χ3n) is 5.15. The van der Waals surface area contributed by atoms with Crippen LogP contribution in [-0.2, 0) is 23.0 Å². The second-order valence-electron chi connectivity index (χ2n) is 7.41. The Bertz CT molecular complexity index is 893. The van der Waals surface area contributed by atoms with Crippen molar-refractivity contribution in [3.05, 3.63) is 65.0 Å². The van der Waals surface area contributed by atoms with E-state index in [9.17, 15) is 12.8 Å². The van der Waals surface area contributed by atoms with Crippen molar-refractivity contribution in [1.29, 1.82) is 0 Å². The van der Waals surface area contributed by atoms with Crippen LogP contribution in [-0.4, -0.2) is 39.9 Å². The Labute approximate surface area is 173 Å². The molecule has 1 aliphatic rings. The van der Waals surface area contributed by atoms with Crippen LogP contribution in [0.15, 0.2) is 42.5 Å². The summed E-state index contributed by atoms with van der Waals surface area (Å²) in [6, 6.07) is 13.4. The van der Waals surface area contributed by atoms with Gasteiger partial charge in [0.1, 0.15) is 11.6 Å². The highest BCUT2D eigenvalue weighted by Crippen LogP contribution is 2.41. The minimum absolute atomic E-state index is 0.151. The summed E-state index contributed by atoms with van der Waals surface area (Å²) in [5.74, 6) is 1.79. The van der Waals surface area contributed by atoms with Crippen LogP contribution in [0.1, 0.15) is 35.4 Å². The van der Waals surface area contributed by atoms with Crippen LogP contribution < -0.4 is 10.1 Å². The molecule has 1 aliphatic carbocycles. The molecule has 0 aromatic heterocycles. The predicted octanol–water partition coefficient (Wildman–Crippen LogP) is 3.84. The lowest BCUT2D eigenvalue weighted by Crippen LogP contribution is -2.29. The van der Waals surface area contributed by atoms with Crippen LogP contribution in [0.4, 0.5) is 4.39 Å². The van der Waals surface area contributed by atoms with Gasteiger partial charge in [-0.25, -0.2) is 4.39 Å². The van der Waals surface area contributed by atoms with Gasteiger partial charge in [-0.1, -0.05) is 24.3 Å². The summed E-state index contributed by atoms with van der Waals surface area (Å²) in [5, 5.41) is 3.33. The van der Waals surface area contributed by atoms with Crippen LogP contribution in [0.5, 0.6) is 5.75 Å². The second-order valence-corrected chi connectivity index (χ2v) is 8.88. The van der Waals surface area contributed by atoms with E-state index >= 15 is 0 Å². The van der Waals surface area contributed by atoms with Gasteiger partial charge in [-0.05, 0) is 86.0 Å². The van der Waals surface area contributed by atoms with Gasteiger partial charge in [-0.2, -0.15) is 8.42 Å². The Balaban J connectivity index is 0.000000537. The standard InChI is InChI=1S/C21H26FNO.CH4O3S/c1-23-14-16(12-15-6-3-7-17(22)13-15)18-8-4-10-20-19(18)9-5-11-21(20)24-2;1-5(2,3)4/h3,5-7,9,11,13,16,18,23H,4,8,10,12,14H2,1-2H3;1H3,(H,2,3,4). The van der Waals surface area contributed by atoms with Crippen molar-refractivity contribution in [2.45, 2.75) is 31.6 Å². The Morgan fingerprint density at radius 2 is 1.97 bits per heavy atom. The number of hydrogen-bond donors (Lipinski definition) is 2. The highest BCUT2D eigenvalue weighted by atomic mass is 32.2. The van der Waals surface area contributed by atoms with Gasteiger partial charge >= 0.3 is 0 Å². The summed E-state index contributed by atoms with van der Waals surface area (Å²) in [6.45, 7) is 0.928. The van der Waals surface area contributed by atoms with Crippen LogP contribution >= 0.6 is 0 Å². The molecular weight excluding hydrogens is 393 g/mol. The van der Waals surface area contributed by atoms with E-state index in [-0.39, 0.29) is 5.82 Å². The average molecular weight is 424 g/mol. The smallest absolute Gasteiger partial charge is 0.261 e. The Kier molecular flexibility index (Phi) is 8.61. The SMILES string of the molecule is CNCC(Cc1cccc(F)c1)C1CCCc2c(OC)cccc21.CS(=O)(=O)O. The number of halogens is 1. The maximum Gasteiger partial charge on any atom is 0.261 e. The van der Waals surface area contributed by atoms with Gasteiger partial charge < -0.3 is 10.1 Å². The lowest BCUT2D eigenvalue weighted by molar-refractivity contribution is 0.355. The molecule has 2 aromatic rings. The van der Waals surface area contributed by atoms with Crippen LogP contribution in [0.3, 0.4) is 0 Å². The Morgan fingerprint density at radius 3 is 2.59 bits per heavy atom. The van der Waals surface area contributed by atoms with Crippen LogP contribution in [0, 0.1) is 11.7 Å². The second kappa shape index (κ2) is 10.7. The van der Waals surface area contributed by atoms with E-state index in [0.717, 1.165) is 30.7 Å². The minimum Gasteiger partial charge on any atom is -0.496 e. The first kappa shape index (κ1) is 23.3. The van der Waals surface area contributed by atoms with Gasteiger partial charge in [0.25, 0.3) is 10.1 Å². The Hall–Kier alpha value is -1.96. The largest absolute Gasteiger partial charge is 0.496 e. The first-order chi connectivity index (χ1) is 13.7. The molecule has 5 nitrogen and oxygen atoms in total. The molecule has 29 heavy (non-hydrogen) atoms. The molecule has 0 amide bonds. The summed E-state index contributed by atoms with van der Waals surface area (Å²) >= 11 is 0. The number of rotatable bonds is 6. The lowest BCUT2D eigenvalue weighted by atomic mass is 9.73. The van der Waals surface area contributed by atoms with Crippen LogP contribution in [0.2, 0.25) is 0 Å². The fourth-order valence-corrected chi connectivity index (χ4v) is 4.12. The molecule has 2 unspecified atom stereocenters. The maximum atomic E-state index is 13.6. The van der Waals surface area contributed by atoms with Crippen LogP contribution in [0.25, 0.3) is 0 Å². The van der Waals surface area contributed by atoms with Gasteiger partial charge in [0.05, 0.1) is 13.4 Å². The van der Waals surface area contributed by atoms with Gasteiger partial charge in [0.15, 0.2) is 0 Å². The monoisotopic (exact) mass is 423 g/mol. The molecule has 3 rings (SSSR count). The van der Waals surface area contributed by atoms with E-state index in [0.29, 0.717) is 18.1 Å². The summed E-state index contributed by atoms with van der Waals surface area (Å²) in [6.07, 6.45) is 5.05. The molecular formula is C22H30FNO4S. The van der Waals surface area contributed by atoms with Gasteiger partial charge in [0.2, 0.25) is 0 Å². The average Bonchev–Trinajstić information content (AvgIpc) is 2.65. The quantitative estimate of drug-likeness (QED) is 0.691. The van der Waals surface area contributed by atoms with Crippen molar-refractivity contribution >= 4 is 10.1 Å². The molecule has 0 aliphatic heterocycles. The van der Waals surface area contributed by atoms with Crippen molar-refractivity contribution in [1.82, 2.24) is 5.32 Å². The summed E-state index contributed by atoms with van der Waals surface area (Å²) in [7, 11) is 0.0743. The number of methoxy groups -OCH3 is 1. The highest BCUT2D eigenvalue weighted by molar-refractivity contribution is 7.85. The third-order valence-corrected chi connectivity index (χ3v) is 5.15. The van der Waals surface area contributed by atoms with Crippen molar-refractivity contribution in [3.8, 4) is 5.75 Å². The number of benzene rings is 2. The first-order valence-corrected chi connectivity index (χ1v) is 11.5. The molecule has 0 bridgehead atoms. The zero-order chi connectivity index (χ0) is 21.4. The number of nitrogens with one attached hydrogen (secondary N) is 1. The van der Waals surface area contributed by atoms with E-state index in [2.05, 4.69) is 23.5 Å². The predicted molar refractivity (Wildman–Crippen MR) is 114 cm³/mol. The van der Waals surface area contributed by atoms with E-state index in [1.54, 1.807) is 19.2 Å². The zero-order valence-electron chi connectivity index (χ0n) is 17.2. The highest BCUT2D eigenvalue weighted by Gasteiger charge is 2.29. The van der Waals surface area contributed by atoms with Gasteiger partial charge in [-0.3, -0.25) is 4.55 Å². The third kappa shape index (κ3) is 7.42. The topological polar surface area (TPSA) is 75.6 Å².